The van der Waals surface area contributed by atoms with Gasteiger partial charge in [0.1, 0.15) is 0 Å². The Labute approximate surface area is 109 Å². The quantitative estimate of drug-likeness (QED) is 0.789. The minimum Gasteiger partial charge on any atom is -0.481 e. The molecular formula is C13H24N2O3. The normalized spacial score (nSPS) is 16.8. The zero-order valence-corrected chi connectivity index (χ0v) is 11.6. The van der Waals surface area contributed by atoms with E-state index in [0.29, 0.717) is 12.5 Å². The van der Waals surface area contributed by atoms with Gasteiger partial charge in [-0.1, -0.05) is 13.3 Å². The Hall–Kier alpha value is -1.26. The van der Waals surface area contributed by atoms with Gasteiger partial charge in [0.2, 0.25) is 0 Å². The van der Waals surface area contributed by atoms with Gasteiger partial charge in [0.25, 0.3) is 0 Å². The Morgan fingerprint density at radius 2 is 2.00 bits per heavy atom. The van der Waals surface area contributed by atoms with Crippen molar-refractivity contribution in [3.8, 4) is 0 Å². The molecule has 5 heteroatoms. The lowest BCUT2D eigenvalue weighted by atomic mass is 9.85. The van der Waals surface area contributed by atoms with Crippen LogP contribution in [0.3, 0.4) is 0 Å². The molecule has 0 aromatic heterocycles. The van der Waals surface area contributed by atoms with Crippen LogP contribution >= 0.6 is 0 Å². The highest BCUT2D eigenvalue weighted by Gasteiger charge is 2.25. The molecule has 1 aliphatic carbocycles. The van der Waals surface area contributed by atoms with Gasteiger partial charge in [-0.2, -0.15) is 0 Å². The van der Waals surface area contributed by atoms with E-state index < -0.39 is 11.9 Å². The molecule has 0 aromatic rings. The Morgan fingerprint density at radius 1 is 1.39 bits per heavy atom. The molecule has 1 fully saturated rings. The maximum Gasteiger partial charge on any atom is 0.319 e. The number of carboxylic acid groups (broad SMARTS) is 1. The van der Waals surface area contributed by atoms with Crippen LogP contribution in [0.5, 0.6) is 0 Å². The summed E-state index contributed by atoms with van der Waals surface area (Å²) in [7, 11) is 1.67. The Kier molecular flexibility index (Phi) is 5.44. The topological polar surface area (TPSA) is 60.9 Å². The first kappa shape index (κ1) is 14.8. The van der Waals surface area contributed by atoms with Crippen LogP contribution in [0.2, 0.25) is 0 Å². The van der Waals surface area contributed by atoms with E-state index in [0.717, 1.165) is 6.54 Å². The highest BCUT2D eigenvalue weighted by Crippen LogP contribution is 2.27. The minimum atomic E-state index is -0.864. The predicted molar refractivity (Wildman–Crippen MR) is 69.4 cm³/mol. The maximum atomic E-state index is 12.2. The van der Waals surface area contributed by atoms with E-state index in [1.54, 1.807) is 14.0 Å². The van der Waals surface area contributed by atoms with Crippen LogP contribution in [-0.2, 0) is 4.79 Å². The summed E-state index contributed by atoms with van der Waals surface area (Å²) < 4.78 is 0. The van der Waals surface area contributed by atoms with Crippen molar-refractivity contribution in [3.63, 3.8) is 0 Å². The van der Waals surface area contributed by atoms with Crippen LogP contribution < -0.4 is 0 Å². The molecule has 1 unspecified atom stereocenters. The summed E-state index contributed by atoms with van der Waals surface area (Å²) in [6.45, 7) is 5.33. The fourth-order valence-corrected chi connectivity index (χ4v) is 2.14. The van der Waals surface area contributed by atoms with Gasteiger partial charge in [-0.3, -0.25) is 4.79 Å². The van der Waals surface area contributed by atoms with Gasteiger partial charge in [-0.05, 0) is 25.7 Å². The summed E-state index contributed by atoms with van der Waals surface area (Å²) in [5.74, 6) is -0.753. The number of rotatable bonds is 6. The number of carbonyl (C=O) groups is 2. The van der Waals surface area contributed by atoms with E-state index in [1.165, 1.54) is 24.2 Å². The molecule has 2 amide bonds. The van der Waals surface area contributed by atoms with Gasteiger partial charge in [0, 0.05) is 26.7 Å². The standard InChI is InChI=1S/C13H24N2O3/c1-4-15(9-11-6-5-7-11)13(18)14(3)8-10(2)12(16)17/h10-11H,4-9H2,1-3H3,(H,16,17). The fraction of sp³-hybridized carbons (Fsp3) is 0.846. The number of aliphatic carboxylic acids is 1. The Bertz CT molecular complexity index is 303. The lowest BCUT2D eigenvalue weighted by Crippen LogP contribution is -2.46. The summed E-state index contributed by atoms with van der Waals surface area (Å²) in [5.41, 5.74) is 0. The summed E-state index contributed by atoms with van der Waals surface area (Å²) in [5, 5.41) is 8.85. The van der Waals surface area contributed by atoms with Crippen LogP contribution in [0.1, 0.15) is 33.1 Å². The monoisotopic (exact) mass is 256 g/mol. The number of amides is 2. The van der Waals surface area contributed by atoms with Crippen molar-refractivity contribution in [2.24, 2.45) is 11.8 Å². The molecule has 0 bridgehead atoms. The number of hydrogen-bond donors (Lipinski definition) is 1. The molecule has 104 valence electrons. The van der Waals surface area contributed by atoms with E-state index >= 15 is 0 Å². The zero-order chi connectivity index (χ0) is 13.7. The molecule has 5 nitrogen and oxygen atoms in total. The van der Waals surface area contributed by atoms with E-state index in [2.05, 4.69) is 0 Å². The second kappa shape index (κ2) is 6.61. The number of urea groups is 1. The Balaban J connectivity index is 2.45. The smallest absolute Gasteiger partial charge is 0.319 e. The van der Waals surface area contributed by atoms with Crippen LogP contribution in [0.4, 0.5) is 4.79 Å². The number of carboxylic acids is 1. The van der Waals surface area contributed by atoms with Crippen LogP contribution in [0.15, 0.2) is 0 Å². The summed E-state index contributed by atoms with van der Waals surface area (Å²) in [4.78, 5) is 26.3. The average molecular weight is 256 g/mol. The second-order valence-corrected chi connectivity index (χ2v) is 5.24. The summed E-state index contributed by atoms with van der Waals surface area (Å²) >= 11 is 0. The first-order valence-corrected chi connectivity index (χ1v) is 6.68. The van der Waals surface area contributed by atoms with E-state index in [9.17, 15) is 9.59 Å². The minimum absolute atomic E-state index is 0.0579. The largest absolute Gasteiger partial charge is 0.481 e. The average Bonchev–Trinajstić information content (AvgIpc) is 2.26. The van der Waals surface area contributed by atoms with Crippen molar-refractivity contribution in [3.05, 3.63) is 0 Å². The van der Waals surface area contributed by atoms with Crippen LogP contribution in [-0.4, -0.2) is 53.6 Å². The number of nitrogens with zero attached hydrogens (tertiary/aromatic N) is 2. The summed E-state index contributed by atoms with van der Waals surface area (Å²) in [6, 6.07) is -0.0579. The summed E-state index contributed by atoms with van der Waals surface area (Å²) in [6.07, 6.45) is 3.68. The molecule has 0 saturated heterocycles. The first-order valence-electron chi connectivity index (χ1n) is 6.68. The van der Waals surface area contributed by atoms with Crippen molar-refractivity contribution >= 4 is 12.0 Å². The third-order valence-corrected chi connectivity index (χ3v) is 3.65. The molecule has 1 atom stereocenters. The molecule has 0 spiro atoms. The zero-order valence-electron chi connectivity index (χ0n) is 11.6. The molecule has 18 heavy (non-hydrogen) atoms. The molecule has 0 aliphatic heterocycles. The fourth-order valence-electron chi connectivity index (χ4n) is 2.14. The predicted octanol–water partition coefficient (Wildman–Crippen LogP) is 1.88. The van der Waals surface area contributed by atoms with Crippen molar-refractivity contribution in [1.29, 1.82) is 0 Å². The van der Waals surface area contributed by atoms with Gasteiger partial charge in [0.15, 0.2) is 0 Å². The number of hydrogen-bond acceptors (Lipinski definition) is 2. The van der Waals surface area contributed by atoms with Crippen molar-refractivity contribution in [2.75, 3.05) is 26.7 Å². The molecular weight excluding hydrogens is 232 g/mol. The van der Waals surface area contributed by atoms with Gasteiger partial charge >= 0.3 is 12.0 Å². The van der Waals surface area contributed by atoms with Crippen LogP contribution in [0, 0.1) is 11.8 Å². The van der Waals surface area contributed by atoms with E-state index in [1.807, 2.05) is 11.8 Å². The Morgan fingerprint density at radius 3 is 2.39 bits per heavy atom. The number of carbonyl (C=O) groups excluding carboxylic acids is 1. The van der Waals surface area contributed by atoms with Gasteiger partial charge in [-0.25, -0.2) is 4.79 Å². The highest BCUT2D eigenvalue weighted by atomic mass is 16.4. The van der Waals surface area contributed by atoms with Crippen molar-refractivity contribution in [1.82, 2.24) is 9.80 Å². The second-order valence-electron chi connectivity index (χ2n) is 5.24. The molecule has 0 heterocycles. The third-order valence-electron chi connectivity index (χ3n) is 3.65. The lowest BCUT2D eigenvalue weighted by Gasteiger charge is -2.34. The van der Waals surface area contributed by atoms with E-state index in [-0.39, 0.29) is 12.6 Å². The molecule has 1 rings (SSSR count). The molecule has 1 saturated carbocycles. The SMILES string of the molecule is CCN(CC1CCC1)C(=O)N(C)CC(C)C(=O)O. The molecule has 1 aliphatic rings. The van der Waals surface area contributed by atoms with Crippen molar-refractivity contribution in [2.45, 2.75) is 33.1 Å². The van der Waals surface area contributed by atoms with Crippen molar-refractivity contribution < 1.29 is 14.7 Å². The lowest BCUT2D eigenvalue weighted by molar-refractivity contribution is -0.141. The maximum absolute atomic E-state index is 12.2. The molecule has 0 radical (unpaired) electrons. The first-order chi connectivity index (χ1) is 8.45. The van der Waals surface area contributed by atoms with Gasteiger partial charge in [-0.15, -0.1) is 0 Å². The third kappa shape index (κ3) is 3.89. The molecule has 1 N–H and O–H groups in total. The van der Waals surface area contributed by atoms with Crippen LogP contribution in [0.25, 0.3) is 0 Å². The molecule has 0 aromatic carbocycles. The van der Waals surface area contributed by atoms with Gasteiger partial charge in [0.05, 0.1) is 5.92 Å². The van der Waals surface area contributed by atoms with E-state index in [4.69, 9.17) is 5.11 Å². The highest BCUT2D eigenvalue weighted by molar-refractivity contribution is 5.75. The van der Waals surface area contributed by atoms with Gasteiger partial charge < -0.3 is 14.9 Å².